The normalized spacial score (nSPS) is 19.1. The number of aryl methyl sites for hydroxylation is 1. The van der Waals surface area contributed by atoms with Crippen molar-refractivity contribution in [2.45, 2.75) is 32.1 Å². The van der Waals surface area contributed by atoms with E-state index in [2.05, 4.69) is 11.0 Å². The molecule has 0 bridgehead atoms. The average molecular weight is 270 g/mol. The Morgan fingerprint density at radius 3 is 2.90 bits per heavy atom. The third-order valence-corrected chi connectivity index (χ3v) is 4.48. The molecule has 104 valence electrons. The summed E-state index contributed by atoms with van der Waals surface area (Å²) in [7, 11) is 0. The largest absolute Gasteiger partial charge is 0.478 e. The third-order valence-electron chi connectivity index (χ3n) is 4.48. The molecular formula is C16H18N2O2. The molecule has 0 radical (unpaired) electrons. The zero-order chi connectivity index (χ0) is 14.2. The number of benzene rings is 1. The maximum absolute atomic E-state index is 11.0. The summed E-state index contributed by atoms with van der Waals surface area (Å²) in [6.45, 7) is 1.94. The Hall–Kier alpha value is -2.02. The van der Waals surface area contributed by atoms with Gasteiger partial charge in [-0.25, -0.2) is 4.79 Å². The van der Waals surface area contributed by atoms with Gasteiger partial charge in [0.1, 0.15) is 0 Å². The van der Waals surface area contributed by atoms with E-state index in [1.165, 1.54) is 0 Å². The molecule has 0 unspecified atom stereocenters. The second-order valence-corrected chi connectivity index (χ2v) is 6.01. The number of rotatable bonds is 4. The summed E-state index contributed by atoms with van der Waals surface area (Å²) in [4.78, 5) is 13.4. The van der Waals surface area contributed by atoms with E-state index < -0.39 is 5.97 Å². The van der Waals surface area contributed by atoms with Crippen LogP contribution in [0.1, 0.15) is 41.6 Å². The zero-order valence-electron chi connectivity index (χ0n) is 11.4. The molecule has 0 spiro atoms. The van der Waals surface area contributed by atoms with E-state index in [-0.39, 0.29) is 5.41 Å². The highest BCUT2D eigenvalue weighted by Crippen LogP contribution is 2.50. The molecule has 0 saturated heterocycles. The Kier molecular flexibility index (Phi) is 3.13. The highest BCUT2D eigenvalue weighted by molar-refractivity contribution is 5.88. The molecule has 3 rings (SSSR count). The Bertz CT molecular complexity index is 585. The highest BCUT2D eigenvalue weighted by atomic mass is 16.4. The molecule has 4 heteroatoms. The first-order chi connectivity index (χ1) is 9.63. The molecule has 1 aliphatic heterocycles. The van der Waals surface area contributed by atoms with Crippen molar-refractivity contribution in [1.82, 2.24) is 0 Å². The predicted molar refractivity (Wildman–Crippen MR) is 75.8 cm³/mol. The molecular weight excluding hydrogens is 252 g/mol. The lowest BCUT2D eigenvalue weighted by molar-refractivity contribution is 0.0696. The molecule has 1 aromatic rings. The van der Waals surface area contributed by atoms with E-state index in [0.29, 0.717) is 12.0 Å². The van der Waals surface area contributed by atoms with Crippen LogP contribution in [0.3, 0.4) is 0 Å². The van der Waals surface area contributed by atoms with Gasteiger partial charge in [-0.15, -0.1) is 0 Å². The number of carboxylic acid groups (broad SMARTS) is 1. The van der Waals surface area contributed by atoms with Crippen LogP contribution in [0.4, 0.5) is 5.69 Å². The van der Waals surface area contributed by atoms with Gasteiger partial charge in [-0.2, -0.15) is 5.26 Å². The first kappa shape index (κ1) is 13.0. The van der Waals surface area contributed by atoms with Crippen molar-refractivity contribution >= 4 is 11.7 Å². The summed E-state index contributed by atoms with van der Waals surface area (Å²) in [5.74, 6) is -0.868. The summed E-state index contributed by atoms with van der Waals surface area (Å²) in [6.07, 6.45) is 4.90. The number of anilines is 1. The Morgan fingerprint density at radius 2 is 2.25 bits per heavy atom. The molecule has 0 amide bonds. The number of nitriles is 1. The second kappa shape index (κ2) is 4.82. The van der Waals surface area contributed by atoms with Gasteiger partial charge in [0.05, 0.1) is 11.6 Å². The Labute approximate surface area is 118 Å². The second-order valence-electron chi connectivity index (χ2n) is 6.01. The number of aromatic carboxylic acids is 1. The lowest BCUT2D eigenvalue weighted by Crippen LogP contribution is -2.34. The average Bonchev–Trinajstić information content (AvgIpc) is 3.18. The van der Waals surface area contributed by atoms with E-state index in [1.54, 1.807) is 12.1 Å². The van der Waals surface area contributed by atoms with Gasteiger partial charge in [0, 0.05) is 30.6 Å². The lowest BCUT2D eigenvalue weighted by Gasteiger charge is -2.34. The van der Waals surface area contributed by atoms with Gasteiger partial charge in [0.2, 0.25) is 0 Å². The fraction of sp³-hybridized carbons (Fsp3) is 0.500. The van der Waals surface area contributed by atoms with Gasteiger partial charge >= 0.3 is 5.97 Å². The van der Waals surface area contributed by atoms with Crippen LogP contribution in [-0.2, 0) is 6.42 Å². The summed E-state index contributed by atoms with van der Waals surface area (Å²) in [6, 6.07) is 7.72. The van der Waals surface area contributed by atoms with E-state index in [1.807, 2.05) is 6.07 Å². The van der Waals surface area contributed by atoms with Crippen molar-refractivity contribution in [2.75, 3.05) is 18.0 Å². The maximum Gasteiger partial charge on any atom is 0.335 e. The van der Waals surface area contributed by atoms with Crippen LogP contribution in [0.5, 0.6) is 0 Å². The van der Waals surface area contributed by atoms with Gasteiger partial charge in [0.15, 0.2) is 0 Å². The van der Waals surface area contributed by atoms with Crippen LogP contribution in [0.15, 0.2) is 18.2 Å². The Balaban J connectivity index is 1.83. The van der Waals surface area contributed by atoms with Crippen molar-refractivity contribution in [3.63, 3.8) is 0 Å². The fourth-order valence-electron chi connectivity index (χ4n) is 3.11. The third kappa shape index (κ3) is 2.36. The minimum absolute atomic E-state index is 0.189. The standard InChI is InChI=1S/C16H18N2O2/c17-8-7-16(5-6-16)11-18-9-1-2-12-10-13(15(19)20)3-4-14(12)18/h3-4,10H,1-2,5-7,9,11H2,(H,19,20). The smallest absolute Gasteiger partial charge is 0.335 e. The molecule has 2 aliphatic rings. The summed E-state index contributed by atoms with van der Waals surface area (Å²) < 4.78 is 0. The van der Waals surface area contributed by atoms with Crippen LogP contribution in [0.25, 0.3) is 0 Å². The molecule has 1 aromatic carbocycles. The monoisotopic (exact) mass is 270 g/mol. The van der Waals surface area contributed by atoms with Crippen LogP contribution in [0, 0.1) is 16.7 Å². The molecule has 1 N–H and O–H groups in total. The van der Waals surface area contributed by atoms with Gasteiger partial charge in [-0.3, -0.25) is 0 Å². The molecule has 20 heavy (non-hydrogen) atoms. The summed E-state index contributed by atoms with van der Waals surface area (Å²) in [5, 5.41) is 18.0. The van der Waals surface area contributed by atoms with Crippen molar-refractivity contribution in [2.24, 2.45) is 5.41 Å². The van der Waals surface area contributed by atoms with E-state index in [0.717, 1.165) is 50.0 Å². The van der Waals surface area contributed by atoms with Crippen molar-refractivity contribution in [1.29, 1.82) is 5.26 Å². The number of hydrogen-bond acceptors (Lipinski definition) is 3. The molecule has 1 heterocycles. The number of carbonyl (C=O) groups is 1. The lowest BCUT2D eigenvalue weighted by atomic mass is 9.96. The van der Waals surface area contributed by atoms with Gasteiger partial charge in [-0.1, -0.05) is 0 Å². The van der Waals surface area contributed by atoms with Crippen molar-refractivity contribution in [3.05, 3.63) is 29.3 Å². The molecule has 1 saturated carbocycles. The van der Waals surface area contributed by atoms with E-state index in [9.17, 15) is 4.79 Å². The van der Waals surface area contributed by atoms with Crippen LogP contribution < -0.4 is 4.90 Å². The number of hydrogen-bond donors (Lipinski definition) is 1. The summed E-state index contributed by atoms with van der Waals surface area (Å²) in [5.41, 5.74) is 2.84. The highest BCUT2D eigenvalue weighted by Gasteiger charge is 2.44. The van der Waals surface area contributed by atoms with E-state index in [4.69, 9.17) is 10.4 Å². The Morgan fingerprint density at radius 1 is 1.45 bits per heavy atom. The first-order valence-electron chi connectivity index (χ1n) is 7.12. The SMILES string of the molecule is N#CCC1(CN2CCCc3cc(C(=O)O)ccc32)CC1. The number of nitrogens with zero attached hydrogens (tertiary/aromatic N) is 2. The van der Waals surface area contributed by atoms with Crippen LogP contribution in [0.2, 0.25) is 0 Å². The van der Waals surface area contributed by atoms with Crippen LogP contribution >= 0.6 is 0 Å². The molecule has 0 aromatic heterocycles. The topological polar surface area (TPSA) is 64.3 Å². The molecule has 0 atom stereocenters. The van der Waals surface area contributed by atoms with Crippen molar-refractivity contribution in [3.8, 4) is 6.07 Å². The molecule has 4 nitrogen and oxygen atoms in total. The predicted octanol–water partition coefficient (Wildman–Crippen LogP) is 2.83. The minimum atomic E-state index is -0.868. The quantitative estimate of drug-likeness (QED) is 0.913. The fourth-order valence-corrected chi connectivity index (χ4v) is 3.11. The zero-order valence-corrected chi connectivity index (χ0v) is 11.4. The number of fused-ring (bicyclic) bond motifs is 1. The maximum atomic E-state index is 11.0. The minimum Gasteiger partial charge on any atom is -0.478 e. The molecule has 1 fully saturated rings. The van der Waals surface area contributed by atoms with Gasteiger partial charge in [0.25, 0.3) is 0 Å². The first-order valence-corrected chi connectivity index (χ1v) is 7.12. The van der Waals surface area contributed by atoms with Crippen LogP contribution in [-0.4, -0.2) is 24.2 Å². The van der Waals surface area contributed by atoms with E-state index >= 15 is 0 Å². The van der Waals surface area contributed by atoms with Crippen molar-refractivity contribution < 1.29 is 9.90 Å². The van der Waals surface area contributed by atoms with Gasteiger partial charge < -0.3 is 10.0 Å². The van der Waals surface area contributed by atoms with Gasteiger partial charge in [-0.05, 0) is 49.4 Å². The number of carboxylic acids is 1. The molecule has 1 aliphatic carbocycles. The summed E-state index contributed by atoms with van der Waals surface area (Å²) >= 11 is 0.